The third-order valence-electron chi connectivity index (χ3n) is 3.12. The van der Waals surface area contributed by atoms with Crippen LogP contribution in [0.15, 0.2) is 54.9 Å². The summed E-state index contributed by atoms with van der Waals surface area (Å²) in [7, 11) is 0. The van der Waals surface area contributed by atoms with E-state index in [0.717, 1.165) is 21.9 Å². The van der Waals surface area contributed by atoms with Crippen LogP contribution in [0, 0.1) is 24.6 Å². The molecule has 0 unspecified atom stereocenters. The Labute approximate surface area is 117 Å². The van der Waals surface area contributed by atoms with E-state index in [4.69, 9.17) is 0 Å². The van der Waals surface area contributed by atoms with Crippen LogP contribution in [-0.2, 0) is 0 Å². The first-order valence-electron chi connectivity index (χ1n) is 6.35. The van der Waals surface area contributed by atoms with Crippen LogP contribution in [0.1, 0.15) is 16.7 Å². The monoisotopic (exact) mass is 261 g/mol. The molecule has 1 aromatic heterocycles. The molecule has 0 saturated heterocycles. The molecule has 0 amide bonds. The minimum Gasteiger partial charge on any atom is -0.263 e. The Kier molecular flexibility index (Phi) is 3.18. The molecule has 0 aliphatic heterocycles. The van der Waals surface area contributed by atoms with E-state index in [2.05, 4.69) is 16.8 Å². The van der Waals surface area contributed by atoms with Crippen molar-refractivity contribution in [1.29, 1.82) is 0 Å². The van der Waals surface area contributed by atoms with Gasteiger partial charge >= 0.3 is 0 Å². The third-order valence-corrected chi connectivity index (χ3v) is 3.12. The van der Waals surface area contributed by atoms with E-state index in [0.29, 0.717) is 5.56 Å². The standard InChI is InChI=1S/C18H12FN/c1-13-6-9-18(19)14(10-13)7-8-16-12-20-11-15-4-2-3-5-17(15)16/h2-6,9-12H,1H3. The molecule has 0 bridgehead atoms. The molecule has 0 fully saturated rings. The van der Waals surface area contributed by atoms with Crippen molar-refractivity contribution >= 4 is 10.8 Å². The summed E-state index contributed by atoms with van der Waals surface area (Å²) in [6.07, 6.45) is 3.51. The smallest absolute Gasteiger partial charge is 0.138 e. The highest BCUT2D eigenvalue weighted by Crippen LogP contribution is 2.16. The second-order valence-corrected chi connectivity index (χ2v) is 4.64. The summed E-state index contributed by atoms with van der Waals surface area (Å²) in [5, 5.41) is 2.06. The van der Waals surface area contributed by atoms with Crippen molar-refractivity contribution in [2.24, 2.45) is 0 Å². The molecule has 96 valence electrons. The first-order valence-corrected chi connectivity index (χ1v) is 6.35. The number of halogens is 1. The highest BCUT2D eigenvalue weighted by atomic mass is 19.1. The predicted molar refractivity (Wildman–Crippen MR) is 78.9 cm³/mol. The lowest BCUT2D eigenvalue weighted by Gasteiger charge is -1.99. The Morgan fingerprint density at radius 3 is 2.65 bits per heavy atom. The van der Waals surface area contributed by atoms with Crippen LogP contribution in [-0.4, -0.2) is 4.98 Å². The van der Waals surface area contributed by atoms with E-state index in [1.807, 2.05) is 31.2 Å². The zero-order valence-electron chi connectivity index (χ0n) is 11.0. The molecule has 0 spiro atoms. The second-order valence-electron chi connectivity index (χ2n) is 4.64. The van der Waals surface area contributed by atoms with Crippen molar-refractivity contribution in [3.8, 4) is 11.8 Å². The fourth-order valence-electron chi connectivity index (χ4n) is 2.09. The SMILES string of the molecule is Cc1ccc(F)c(C#Cc2cncc3ccccc23)c1. The minimum atomic E-state index is -0.295. The van der Waals surface area contributed by atoms with Crippen molar-refractivity contribution in [2.75, 3.05) is 0 Å². The van der Waals surface area contributed by atoms with Crippen LogP contribution >= 0.6 is 0 Å². The number of hydrogen-bond acceptors (Lipinski definition) is 1. The second kappa shape index (κ2) is 5.14. The minimum absolute atomic E-state index is 0.295. The number of fused-ring (bicyclic) bond motifs is 1. The maximum absolute atomic E-state index is 13.7. The fourth-order valence-corrected chi connectivity index (χ4v) is 2.09. The Morgan fingerprint density at radius 2 is 1.75 bits per heavy atom. The van der Waals surface area contributed by atoms with Crippen LogP contribution in [0.4, 0.5) is 4.39 Å². The summed E-state index contributed by atoms with van der Waals surface area (Å²) in [5.41, 5.74) is 2.22. The lowest BCUT2D eigenvalue weighted by molar-refractivity contribution is 0.624. The Morgan fingerprint density at radius 1 is 0.950 bits per heavy atom. The molecule has 3 aromatic rings. The van der Waals surface area contributed by atoms with Gasteiger partial charge in [0.05, 0.1) is 11.1 Å². The summed E-state index contributed by atoms with van der Waals surface area (Å²) in [5.74, 6) is 5.62. The predicted octanol–water partition coefficient (Wildman–Crippen LogP) is 4.08. The third kappa shape index (κ3) is 2.39. The average molecular weight is 261 g/mol. The van der Waals surface area contributed by atoms with E-state index in [9.17, 15) is 4.39 Å². The summed E-state index contributed by atoms with van der Waals surface area (Å²) in [6, 6.07) is 12.8. The zero-order valence-corrected chi connectivity index (χ0v) is 11.0. The normalized spacial score (nSPS) is 10.1. The summed E-state index contributed by atoms with van der Waals surface area (Å²) in [6.45, 7) is 1.92. The van der Waals surface area contributed by atoms with Gasteiger partial charge in [-0.25, -0.2) is 4.39 Å². The van der Waals surface area contributed by atoms with Gasteiger partial charge in [0.1, 0.15) is 5.82 Å². The molecule has 0 aliphatic carbocycles. The maximum Gasteiger partial charge on any atom is 0.138 e. The molecule has 2 aromatic carbocycles. The van der Waals surface area contributed by atoms with Crippen LogP contribution in [0.2, 0.25) is 0 Å². The van der Waals surface area contributed by atoms with Gasteiger partial charge in [0, 0.05) is 23.2 Å². The number of aromatic nitrogens is 1. The van der Waals surface area contributed by atoms with Crippen molar-refractivity contribution in [2.45, 2.75) is 6.92 Å². The topological polar surface area (TPSA) is 12.9 Å². The van der Waals surface area contributed by atoms with Crippen LogP contribution in [0.3, 0.4) is 0 Å². The first kappa shape index (κ1) is 12.4. The Balaban J connectivity index is 2.11. The van der Waals surface area contributed by atoms with Crippen LogP contribution in [0.5, 0.6) is 0 Å². The molecule has 3 rings (SSSR count). The van der Waals surface area contributed by atoms with Gasteiger partial charge in [-0.3, -0.25) is 4.98 Å². The Hall–Kier alpha value is -2.66. The number of rotatable bonds is 0. The lowest BCUT2D eigenvalue weighted by atomic mass is 10.1. The molecule has 0 N–H and O–H groups in total. The summed E-state index contributed by atoms with van der Waals surface area (Å²) in [4.78, 5) is 4.17. The van der Waals surface area contributed by atoms with Gasteiger partial charge in [0.25, 0.3) is 0 Å². The quantitative estimate of drug-likeness (QED) is 0.556. The van der Waals surface area contributed by atoms with Crippen molar-refractivity contribution in [3.63, 3.8) is 0 Å². The molecule has 0 radical (unpaired) electrons. The average Bonchev–Trinajstić information content (AvgIpc) is 2.48. The Bertz CT molecular complexity index is 835. The molecule has 2 heteroatoms. The number of nitrogens with zero attached hydrogens (tertiary/aromatic N) is 1. The molecule has 0 atom stereocenters. The van der Waals surface area contributed by atoms with Crippen molar-refractivity contribution in [1.82, 2.24) is 4.98 Å². The molecular formula is C18H12FN. The summed E-state index contributed by atoms with van der Waals surface area (Å²) >= 11 is 0. The van der Waals surface area contributed by atoms with Gasteiger partial charge in [-0.15, -0.1) is 0 Å². The number of hydrogen-bond donors (Lipinski definition) is 0. The van der Waals surface area contributed by atoms with E-state index < -0.39 is 0 Å². The highest BCUT2D eigenvalue weighted by Gasteiger charge is 2.00. The van der Waals surface area contributed by atoms with E-state index in [1.54, 1.807) is 24.5 Å². The van der Waals surface area contributed by atoms with E-state index in [1.165, 1.54) is 6.07 Å². The summed E-state index contributed by atoms with van der Waals surface area (Å²) < 4.78 is 13.7. The molecule has 20 heavy (non-hydrogen) atoms. The van der Waals surface area contributed by atoms with Gasteiger partial charge in [0.15, 0.2) is 0 Å². The fraction of sp³-hybridized carbons (Fsp3) is 0.0556. The zero-order chi connectivity index (χ0) is 13.9. The van der Waals surface area contributed by atoms with Crippen molar-refractivity contribution < 1.29 is 4.39 Å². The molecule has 1 heterocycles. The van der Waals surface area contributed by atoms with Crippen LogP contribution in [0.25, 0.3) is 10.8 Å². The van der Waals surface area contributed by atoms with E-state index >= 15 is 0 Å². The van der Waals surface area contributed by atoms with Gasteiger partial charge in [-0.05, 0) is 24.6 Å². The van der Waals surface area contributed by atoms with Gasteiger partial charge < -0.3 is 0 Å². The van der Waals surface area contributed by atoms with Crippen molar-refractivity contribution in [3.05, 3.63) is 77.4 Å². The number of aryl methyl sites for hydroxylation is 1. The van der Waals surface area contributed by atoms with Gasteiger partial charge in [-0.2, -0.15) is 0 Å². The van der Waals surface area contributed by atoms with Gasteiger partial charge in [0.2, 0.25) is 0 Å². The maximum atomic E-state index is 13.7. The molecule has 1 nitrogen and oxygen atoms in total. The first-order chi connectivity index (χ1) is 9.74. The lowest BCUT2D eigenvalue weighted by Crippen LogP contribution is -1.86. The number of benzene rings is 2. The van der Waals surface area contributed by atoms with Crippen LogP contribution < -0.4 is 0 Å². The molecule has 0 saturated carbocycles. The molecular weight excluding hydrogens is 249 g/mol. The molecule has 0 aliphatic rings. The van der Waals surface area contributed by atoms with E-state index in [-0.39, 0.29) is 5.82 Å². The number of pyridine rings is 1. The van der Waals surface area contributed by atoms with Gasteiger partial charge in [-0.1, -0.05) is 42.2 Å². The largest absolute Gasteiger partial charge is 0.263 e. The highest BCUT2D eigenvalue weighted by molar-refractivity contribution is 5.87.